The number of pyridine rings is 1. The van der Waals surface area contributed by atoms with Gasteiger partial charge in [-0.3, -0.25) is 9.88 Å². The maximum absolute atomic E-state index is 13.0. The van der Waals surface area contributed by atoms with Crippen molar-refractivity contribution in [3.63, 3.8) is 0 Å². The zero-order chi connectivity index (χ0) is 15.3. The molecule has 1 atom stereocenters. The van der Waals surface area contributed by atoms with Crippen LogP contribution in [0.15, 0.2) is 18.3 Å². The maximum atomic E-state index is 13.0. The smallest absolute Gasteiger partial charge is 0.141 e. The lowest BCUT2D eigenvalue weighted by molar-refractivity contribution is -0.0104. The molecule has 118 valence electrons. The van der Waals surface area contributed by atoms with Crippen LogP contribution in [0.4, 0.5) is 4.39 Å². The van der Waals surface area contributed by atoms with Crippen LogP contribution in [-0.2, 0) is 4.74 Å². The van der Waals surface area contributed by atoms with Crippen molar-refractivity contribution in [3.05, 3.63) is 29.8 Å². The number of hydrogen-bond donors (Lipinski definition) is 1. The molecule has 1 N–H and O–H groups in total. The molecule has 21 heavy (non-hydrogen) atoms. The first-order valence-corrected chi connectivity index (χ1v) is 7.70. The van der Waals surface area contributed by atoms with E-state index < -0.39 is 0 Å². The summed E-state index contributed by atoms with van der Waals surface area (Å²) in [5.74, 6) is -0.290. The second-order valence-electron chi connectivity index (χ2n) is 6.15. The molecule has 4 nitrogen and oxygen atoms in total. The highest BCUT2D eigenvalue weighted by molar-refractivity contribution is 5.10. The van der Waals surface area contributed by atoms with Crippen molar-refractivity contribution in [2.75, 3.05) is 32.8 Å². The number of aromatic nitrogens is 1. The molecule has 1 fully saturated rings. The van der Waals surface area contributed by atoms with E-state index in [0.29, 0.717) is 0 Å². The van der Waals surface area contributed by atoms with E-state index in [2.05, 4.69) is 36.0 Å². The molecule has 1 unspecified atom stereocenters. The van der Waals surface area contributed by atoms with Crippen molar-refractivity contribution in [1.82, 2.24) is 15.2 Å². The molecule has 1 aliphatic heterocycles. The topological polar surface area (TPSA) is 37.4 Å². The van der Waals surface area contributed by atoms with Crippen molar-refractivity contribution in [1.29, 1.82) is 0 Å². The minimum absolute atomic E-state index is 0.0667. The Morgan fingerprint density at radius 1 is 1.38 bits per heavy atom. The van der Waals surface area contributed by atoms with Gasteiger partial charge in [0, 0.05) is 31.2 Å². The standard InChI is InChI=1S/C16H26FN3O/c1-4-14(15-6-5-13(17)11-18-15)19-12-16(2,3)20-7-9-21-10-8-20/h5-6,11,14,19H,4,7-10,12H2,1-3H3. The molecule has 0 aromatic carbocycles. The molecule has 0 amide bonds. The second-order valence-corrected chi connectivity index (χ2v) is 6.15. The van der Waals surface area contributed by atoms with E-state index in [1.54, 1.807) is 6.07 Å². The monoisotopic (exact) mass is 295 g/mol. The molecule has 0 saturated carbocycles. The Hall–Kier alpha value is -1.04. The summed E-state index contributed by atoms with van der Waals surface area (Å²) in [4.78, 5) is 6.64. The SMILES string of the molecule is CCC(NCC(C)(C)N1CCOCC1)c1ccc(F)cn1. The van der Waals surface area contributed by atoms with E-state index in [1.165, 1.54) is 12.3 Å². The third kappa shape index (κ3) is 4.46. The van der Waals surface area contributed by atoms with Crippen molar-refractivity contribution >= 4 is 0 Å². The third-order valence-electron chi connectivity index (χ3n) is 4.16. The normalized spacial score (nSPS) is 18.7. The lowest BCUT2D eigenvalue weighted by Crippen LogP contribution is -2.55. The maximum Gasteiger partial charge on any atom is 0.141 e. The van der Waals surface area contributed by atoms with Crippen LogP contribution in [0.25, 0.3) is 0 Å². The summed E-state index contributed by atoms with van der Waals surface area (Å²) in [7, 11) is 0. The van der Waals surface area contributed by atoms with Crippen molar-refractivity contribution in [2.45, 2.75) is 38.8 Å². The summed E-state index contributed by atoms with van der Waals surface area (Å²) >= 11 is 0. The molecule has 2 heterocycles. The van der Waals surface area contributed by atoms with Crippen LogP contribution in [0.5, 0.6) is 0 Å². The third-order valence-corrected chi connectivity index (χ3v) is 4.16. The molecule has 1 aromatic rings. The summed E-state index contributed by atoms with van der Waals surface area (Å²) in [6.45, 7) is 11.0. The predicted molar refractivity (Wildman–Crippen MR) is 81.7 cm³/mol. The Morgan fingerprint density at radius 3 is 2.67 bits per heavy atom. The van der Waals surface area contributed by atoms with Crippen molar-refractivity contribution in [2.24, 2.45) is 0 Å². The first kappa shape index (κ1) is 16.3. The summed E-state index contributed by atoms with van der Waals surface area (Å²) < 4.78 is 18.4. The molecule has 0 aliphatic carbocycles. The summed E-state index contributed by atoms with van der Waals surface area (Å²) in [5.41, 5.74) is 0.966. The Bertz CT molecular complexity index is 430. The van der Waals surface area contributed by atoms with Crippen LogP contribution in [0, 0.1) is 5.82 Å². The fraction of sp³-hybridized carbons (Fsp3) is 0.688. The molecular weight excluding hydrogens is 269 g/mol. The van der Waals surface area contributed by atoms with Gasteiger partial charge >= 0.3 is 0 Å². The number of halogens is 1. The molecule has 2 rings (SSSR count). The van der Waals surface area contributed by atoms with Crippen molar-refractivity contribution in [3.8, 4) is 0 Å². The fourth-order valence-corrected chi connectivity index (χ4v) is 2.70. The number of morpholine rings is 1. The highest BCUT2D eigenvalue weighted by Gasteiger charge is 2.28. The number of hydrogen-bond acceptors (Lipinski definition) is 4. The van der Waals surface area contributed by atoms with Gasteiger partial charge in [-0.1, -0.05) is 6.92 Å². The van der Waals surface area contributed by atoms with Crippen LogP contribution in [0.1, 0.15) is 38.9 Å². The van der Waals surface area contributed by atoms with E-state index in [1.807, 2.05) is 0 Å². The van der Waals surface area contributed by atoms with Crippen LogP contribution in [0.2, 0.25) is 0 Å². The Balaban J connectivity index is 1.93. The first-order valence-electron chi connectivity index (χ1n) is 7.70. The van der Waals surface area contributed by atoms with Gasteiger partial charge in [-0.05, 0) is 32.4 Å². The lowest BCUT2D eigenvalue weighted by Gasteiger charge is -2.41. The highest BCUT2D eigenvalue weighted by Crippen LogP contribution is 2.19. The Morgan fingerprint density at radius 2 is 2.10 bits per heavy atom. The van der Waals surface area contributed by atoms with E-state index >= 15 is 0 Å². The molecule has 1 aromatic heterocycles. The van der Waals surface area contributed by atoms with Crippen LogP contribution in [-0.4, -0.2) is 48.3 Å². The average molecular weight is 295 g/mol. The van der Waals surface area contributed by atoms with Crippen LogP contribution in [0.3, 0.4) is 0 Å². The van der Waals surface area contributed by atoms with Gasteiger partial charge in [0.05, 0.1) is 25.1 Å². The van der Waals surface area contributed by atoms with Gasteiger partial charge in [-0.25, -0.2) is 4.39 Å². The number of rotatable bonds is 6. The van der Waals surface area contributed by atoms with Gasteiger partial charge < -0.3 is 10.1 Å². The molecule has 0 bridgehead atoms. The van der Waals surface area contributed by atoms with E-state index in [0.717, 1.165) is 45.0 Å². The number of ether oxygens (including phenoxy) is 1. The minimum Gasteiger partial charge on any atom is -0.379 e. The van der Waals surface area contributed by atoms with Gasteiger partial charge in [-0.15, -0.1) is 0 Å². The zero-order valence-electron chi connectivity index (χ0n) is 13.2. The summed E-state index contributed by atoms with van der Waals surface area (Å²) in [5, 5.41) is 3.58. The van der Waals surface area contributed by atoms with Crippen LogP contribution >= 0.6 is 0 Å². The van der Waals surface area contributed by atoms with Gasteiger partial charge in [0.2, 0.25) is 0 Å². The first-order chi connectivity index (χ1) is 10.0. The number of nitrogens with one attached hydrogen (secondary N) is 1. The van der Waals surface area contributed by atoms with Gasteiger partial charge in [0.25, 0.3) is 0 Å². The van der Waals surface area contributed by atoms with Gasteiger partial charge in [-0.2, -0.15) is 0 Å². The summed E-state index contributed by atoms with van der Waals surface area (Å²) in [6, 6.07) is 3.39. The van der Waals surface area contributed by atoms with E-state index in [4.69, 9.17) is 4.74 Å². The average Bonchev–Trinajstić information content (AvgIpc) is 2.50. The molecule has 0 radical (unpaired) electrons. The minimum atomic E-state index is -0.290. The fourth-order valence-electron chi connectivity index (χ4n) is 2.70. The van der Waals surface area contributed by atoms with Gasteiger partial charge in [0.15, 0.2) is 0 Å². The lowest BCUT2D eigenvalue weighted by atomic mass is 10.0. The molecule has 1 saturated heterocycles. The van der Waals surface area contributed by atoms with E-state index in [-0.39, 0.29) is 17.4 Å². The van der Waals surface area contributed by atoms with Crippen molar-refractivity contribution < 1.29 is 9.13 Å². The van der Waals surface area contributed by atoms with Gasteiger partial charge in [0.1, 0.15) is 5.82 Å². The quantitative estimate of drug-likeness (QED) is 0.874. The summed E-state index contributed by atoms with van der Waals surface area (Å²) in [6.07, 6.45) is 2.21. The Labute approximate surface area is 126 Å². The molecule has 5 heteroatoms. The number of nitrogens with zero attached hydrogens (tertiary/aromatic N) is 2. The predicted octanol–water partition coefficient (Wildman–Crippen LogP) is 2.37. The Kier molecular flexibility index (Phi) is 5.67. The highest BCUT2D eigenvalue weighted by atomic mass is 19.1. The largest absolute Gasteiger partial charge is 0.379 e. The second kappa shape index (κ2) is 7.29. The molecule has 0 spiro atoms. The van der Waals surface area contributed by atoms with E-state index in [9.17, 15) is 4.39 Å². The molecular formula is C16H26FN3O. The molecule has 1 aliphatic rings. The van der Waals surface area contributed by atoms with Crippen LogP contribution < -0.4 is 5.32 Å². The zero-order valence-corrected chi connectivity index (χ0v) is 13.2.